The Morgan fingerprint density at radius 3 is 2.19 bits per heavy atom. The topological polar surface area (TPSA) is 86.8 Å². The molecule has 2 amide bonds. The largest absolute Gasteiger partial charge is 0.352 e. The molecule has 0 heterocycles. The Morgan fingerprint density at radius 1 is 1.03 bits per heavy atom. The maximum Gasteiger partial charge on any atom is 0.244 e. The summed E-state index contributed by atoms with van der Waals surface area (Å²) in [5, 5.41) is 3.10. The van der Waals surface area contributed by atoms with E-state index in [-0.39, 0.29) is 29.2 Å². The van der Waals surface area contributed by atoms with Crippen LogP contribution in [0.15, 0.2) is 54.6 Å². The molecule has 0 aliphatic carbocycles. The molecule has 0 bridgehead atoms. The van der Waals surface area contributed by atoms with Crippen LogP contribution in [0.1, 0.15) is 32.8 Å². The Balaban J connectivity index is 2.37. The van der Waals surface area contributed by atoms with E-state index in [2.05, 4.69) is 5.32 Å². The van der Waals surface area contributed by atoms with Crippen LogP contribution in [-0.2, 0) is 26.2 Å². The predicted molar refractivity (Wildman–Crippen MR) is 128 cm³/mol. The highest BCUT2D eigenvalue weighted by molar-refractivity contribution is 7.92. The van der Waals surface area contributed by atoms with Crippen LogP contribution >= 0.6 is 11.6 Å². The van der Waals surface area contributed by atoms with Gasteiger partial charge in [0.05, 0.1) is 17.0 Å². The first kappa shape index (κ1) is 25.7. The molecule has 0 saturated heterocycles. The summed E-state index contributed by atoms with van der Waals surface area (Å²) in [6, 6.07) is 14.8. The van der Waals surface area contributed by atoms with Crippen molar-refractivity contribution >= 4 is 39.1 Å². The number of amides is 2. The number of para-hydroxylation sites is 1. The molecule has 0 aromatic heterocycles. The molecule has 2 atom stereocenters. The van der Waals surface area contributed by atoms with Crippen LogP contribution in [0.3, 0.4) is 0 Å². The van der Waals surface area contributed by atoms with E-state index in [1.165, 1.54) is 11.0 Å². The first-order valence-corrected chi connectivity index (χ1v) is 12.6. The van der Waals surface area contributed by atoms with Gasteiger partial charge in [-0.2, -0.15) is 0 Å². The lowest BCUT2D eigenvalue weighted by atomic mass is 10.1. The SMILES string of the molecule is CCC(C)NC(=O)C(C)N(Cc1ccccc1)C(=O)CN(c1ccccc1Cl)S(C)(=O)=O. The molecule has 0 aliphatic rings. The van der Waals surface area contributed by atoms with Crippen LogP contribution in [0.5, 0.6) is 0 Å². The third-order valence-corrected chi connectivity index (χ3v) is 6.61. The summed E-state index contributed by atoms with van der Waals surface area (Å²) >= 11 is 6.21. The van der Waals surface area contributed by atoms with Gasteiger partial charge >= 0.3 is 0 Å². The molecule has 7 nitrogen and oxygen atoms in total. The first-order chi connectivity index (χ1) is 15.0. The minimum atomic E-state index is -3.81. The number of anilines is 1. The van der Waals surface area contributed by atoms with Crippen molar-refractivity contribution in [3.05, 3.63) is 65.2 Å². The average Bonchev–Trinajstić information content (AvgIpc) is 2.75. The van der Waals surface area contributed by atoms with E-state index >= 15 is 0 Å². The number of sulfonamides is 1. The third-order valence-electron chi connectivity index (χ3n) is 5.16. The van der Waals surface area contributed by atoms with E-state index in [1.807, 2.05) is 44.2 Å². The number of hydrogen-bond donors (Lipinski definition) is 1. The van der Waals surface area contributed by atoms with Gasteiger partial charge in [-0.25, -0.2) is 8.42 Å². The Morgan fingerprint density at radius 2 is 1.62 bits per heavy atom. The van der Waals surface area contributed by atoms with Crippen LogP contribution < -0.4 is 9.62 Å². The molecule has 0 radical (unpaired) electrons. The van der Waals surface area contributed by atoms with Gasteiger partial charge in [-0.15, -0.1) is 0 Å². The maximum atomic E-state index is 13.4. The highest BCUT2D eigenvalue weighted by Gasteiger charge is 2.31. The zero-order valence-electron chi connectivity index (χ0n) is 18.8. The summed E-state index contributed by atoms with van der Waals surface area (Å²) in [5.41, 5.74) is 1.04. The zero-order chi connectivity index (χ0) is 23.9. The fourth-order valence-corrected chi connectivity index (χ4v) is 4.23. The van der Waals surface area contributed by atoms with E-state index in [1.54, 1.807) is 25.1 Å². The van der Waals surface area contributed by atoms with Crippen molar-refractivity contribution in [3.8, 4) is 0 Å². The van der Waals surface area contributed by atoms with Crippen LogP contribution in [0.25, 0.3) is 0 Å². The maximum absolute atomic E-state index is 13.4. The smallest absolute Gasteiger partial charge is 0.244 e. The van der Waals surface area contributed by atoms with Crippen molar-refractivity contribution in [2.24, 2.45) is 0 Å². The molecular weight excluding hydrogens is 450 g/mol. The van der Waals surface area contributed by atoms with Crippen LogP contribution in [-0.4, -0.2) is 50.0 Å². The molecule has 9 heteroatoms. The normalized spacial score (nSPS) is 13.2. The van der Waals surface area contributed by atoms with Gasteiger partial charge in [0.1, 0.15) is 12.6 Å². The number of halogens is 1. The Kier molecular flexibility index (Phi) is 9.09. The van der Waals surface area contributed by atoms with Crippen molar-refractivity contribution in [1.29, 1.82) is 0 Å². The highest BCUT2D eigenvalue weighted by Crippen LogP contribution is 2.27. The van der Waals surface area contributed by atoms with Crippen molar-refractivity contribution in [2.45, 2.75) is 45.8 Å². The Labute approximate surface area is 195 Å². The second-order valence-corrected chi connectivity index (χ2v) is 10.0. The molecule has 0 fully saturated rings. The molecular formula is C23H30ClN3O4S. The Bertz CT molecular complexity index is 1030. The number of carbonyl (C=O) groups is 2. The van der Waals surface area contributed by atoms with Gasteiger partial charge in [0.25, 0.3) is 0 Å². The Hall–Kier alpha value is -2.58. The number of benzene rings is 2. The van der Waals surface area contributed by atoms with Gasteiger partial charge in [-0.1, -0.05) is 61.0 Å². The second-order valence-electron chi connectivity index (χ2n) is 7.72. The van der Waals surface area contributed by atoms with Crippen LogP contribution in [0, 0.1) is 0 Å². The van der Waals surface area contributed by atoms with Gasteiger partial charge in [-0.05, 0) is 38.0 Å². The summed E-state index contributed by atoms with van der Waals surface area (Å²) in [7, 11) is -3.81. The predicted octanol–water partition coefficient (Wildman–Crippen LogP) is 3.44. The number of nitrogens with one attached hydrogen (secondary N) is 1. The van der Waals surface area contributed by atoms with Gasteiger partial charge < -0.3 is 10.2 Å². The molecule has 2 rings (SSSR count). The fourth-order valence-electron chi connectivity index (χ4n) is 3.08. The number of carbonyl (C=O) groups excluding carboxylic acids is 2. The molecule has 32 heavy (non-hydrogen) atoms. The van der Waals surface area contributed by atoms with Crippen molar-refractivity contribution < 1.29 is 18.0 Å². The lowest BCUT2D eigenvalue weighted by Crippen LogP contribution is -2.52. The molecule has 2 aromatic carbocycles. The number of nitrogens with zero attached hydrogens (tertiary/aromatic N) is 2. The van der Waals surface area contributed by atoms with Crippen molar-refractivity contribution in [3.63, 3.8) is 0 Å². The standard InChI is InChI=1S/C23H30ClN3O4S/c1-5-17(2)25-23(29)18(3)26(15-19-11-7-6-8-12-19)22(28)16-27(32(4,30)31)21-14-10-9-13-20(21)24/h6-14,17-18H,5,15-16H2,1-4H3,(H,25,29). The van der Waals surface area contributed by atoms with Gasteiger partial charge in [0.2, 0.25) is 21.8 Å². The zero-order valence-corrected chi connectivity index (χ0v) is 20.4. The molecule has 2 aromatic rings. The highest BCUT2D eigenvalue weighted by atomic mass is 35.5. The van der Waals surface area contributed by atoms with Crippen molar-refractivity contribution in [2.75, 3.05) is 17.1 Å². The van der Waals surface area contributed by atoms with Crippen LogP contribution in [0.2, 0.25) is 5.02 Å². The summed E-state index contributed by atoms with van der Waals surface area (Å²) < 4.78 is 26.0. The summed E-state index contributed by atoms with van der Waals surface area (Å²) in [6.07, 6.45) is 1.77. The number of hydrogen-bond acceptors (Lipinski definition) is 4. The molecule has 0 aliphatic heterocycles. The fraction of sp³-hybridized carbons (Fsp3) is 0.391. The summed E-state index contributed by atoms with van der Waals surface area (Å²) in [5.74, 6) is -0.807. The third kappa shape index (κ3) is 6.97. The molecule has 0 saturated carbocycles. The van der Waals surface area contributed by atoms with E-state index in [0.29, 0.717) is 0 Å². The first-order valence-electron chi connectivity index (χ1n) is 10.4. The minimum absolute atomic E-state index is 0.0470. The van der Waals surface area contributed by atoms with Gasteiger partial charge in [-0.3, -0.25) is 13.9 Å². The lowest BCUT2D eigenvalue weighted by Gasteiger charge is -2.32. The van der Waals surface area contributed by atoms with E-state index in [9.17, 15) is 18.0 Å². The van der Waals surface area contributed by atoms with Crippen LogP contribution in [0.4, 0.5) is 5.69 Å². The minimum Gasteiger partial charge on any atom is -0.352 e. The molecule has 0 spiro atoms. The molecule has 2 unspecified atom stereocenters. The summed E-state index contributed by atoms with van der Waals surface area (Å²) in [6.45, 7) is 5.16. The molecule has 174 valence electrons. The van der Waals surface area contributed by atoms with Crippen molar-refractivity contribution in [1.82, 2.24) is 10.2 Å². The number of rotatable bonds is 10. The van der Waals surface area contributed by atoms with E-state index in [0.717, 1.165) is 22.5 Å². The van der Waals surface area contributed by atoms with E-state index in [4.69, 9.17) is 11.6 Å². The lowest BCUT2D eigenvalue weighted by molar-refractivity contribution is -0.139. The average molecular weight is 480 g/mol. The van der Waals surface area contributed by atoms with E-state index < -0.39 is 28.5 Å². The second kappa shape index (κ2) is 11.3. The quantitative estimate of drug-likeness (QED) is 0.565. The van der Waals surface area contributed by atoms with Gasteiger partial charge in [0, 0.05) is 12.6 Å². The monoisotopic (exact) mass is 479 g/mol. The molecule has 1 N–H and O–H groups in total. The summed E-state index contributed by atoms with van der Waals surface area (Å²) in [4.78, 5) is 27.6. The van der Waals surface area contributed by atoms with Gasteiger partial charge in [0.15, 0.2) is 0 Å².